The van der Waals surface area contributed by atoms with Crippen molar-refractivity contribution in [1.82, 2.24) is 14.6 Å². The van der Waals surface area contributed by atoms with Crippen molar-refractivity contribution >= 4 is 27.0 Å². The largest absolute Gasteiger partial charge is 0.417 e. The minimum atomic E-state index is -3.72. The van der Waals surface area contributed by atoms with Crippen molar-refractivity contribution in [3.05, 3.63) is 28.7 Å². The van der Waals surface area contributed by atoms with E-state index in [-0.39, 0.29) is 28.8 Å². The number of nitrogens with zero attached hydrogens (tertiary/aromatic N) is 1. The highest BCUT2D eigenvalue weighted by Crippen LogP contribution is 2.19. The maximum atomic E-state index is 12.3. The molecule has 9 heteroatoms. The normalized spacial score (nSPS) is 19.4. The van der Waals surface area contributed by atoms with Crippen LogP contribution in [-0.2, 0) is 14.8 Å². The van der Waals surface area contributed by atoms with Gasteiger partial charge in [0.1, 0.15) is 0 Å². The Bertz CT molecular complexity index is 899. The number of carbonyl (C=O) groups excluding carboxylic acids is 1. The Morgan fingerprint density at radius 1 is 1.39 bits per heavy atom. The highest BCUT2D eigenvalue weighted by molar-refractivity contribution is 7.89. The Labute approximate surface area is 132 Å². The van der Waals surface area contributed by atoms with Crippen molar-refractivity contribution in [3.63, 3.8) is 0 Å². The number of aromatic nitrogens is 1. The molecule has 8 nitrogen and oxygen atoms in total. The van der Waals surface area contributed by atoms with Crippen molar-refractivity contribution in [2.45, 2.75) is 17.7 Å². The molecule has 1 amide bonds. The lowest BCUT2D eigenvalue weighted by molar-refractivity contribution is -0.133. The van der Waals surface area contributed by atoms with Crippen molar-refractivity contribution < 1.29 is 17.6 Å². The van der Waals surface area contributed by atoms with Crippen molar-refractivity contribution in [2.75, 3.05) is 20.1 Å². The molecule has 0 bridgehead atoms. The number of sulfonamides is 1. The van der Waals surface area contributed by atoms with Crippen LogP contribution in [0.5, 0.6) is 0 Å². The Morgan fingerprint density at radius 2 is 2.17 bits per heavy atom. The number of piperidine rings is 1. The third-order valence-corrected chi connectivity index (χ3v) is 5.45. The van der Waals surface area contributed by atoms with Crippen LogP contribution in [0.3, 0.4) is 0 Å². The van der Waals surface area contributed by atoms with Gasteiger partial charge in [0.05, 0.1) is 10.4 Å². The van der Waals surface area contributed by atoms with Gasteiger partial charge in [-0.05, 0) is 24.5 Å². The fraction of sp³-hybridized carbons (Fsp3) is 0.429. The molecule has 2 N–H and O–H groups in total. The fourth-order valence-electron chi connectivity index (χ4n) is 2.58. The predicted molar refractivity (Wildman–Crippen MR) is 82.4 cm³/mol. The summed E-state index contributed by atoms with van der Waals surface area (Å²) in [5.41, 5.74) is 0.627. The SMILES string of the molecule is CN1CC[C@H](CNS(=O)(=O)c2ccc3[nH]c(=O)oc3c2)CC1=O. The third kappa shape index (κ3) is 3.30. The Hall–Kier alpha value is -2.13. The van der Waals surface area contributed by atoms with E-state index in [2.05, 4.69) is 9.71 Å². The number of hydrogen-bond acceptors (Lipinski definition) is 5. The molecule has 1 saturated heterocycles. The predicted octanol–water partition coefficient (Wildman–Crippen LogP) is 0.268. The second kappa shape index (κ2) is 5.82. The third-order valence-electron chi connectivity index (χ3n) is 4.03. The standard InChI is InChI=1S/C14H17N3O5S/c1-17-5-4-9(6-13(17)18)8-15-23(20,21)10-2-3-11-12(7-10)22-14(19)16-11/h2-3,7,9,15H,4-6,8H2,1H3,(H,16,19)/t9-/m0/s1. The van der Waals surface area contributed by atoms with Gasteiger partial charge in [-0.2, -0.15) is 0 Å². The van der Waals surface area contributed by atoms with Crippen LogP contribution in [-0.4, -0.2) is 44.3 Å². The van der Waals surface area contributed by atoms with Crippen LogP contribution in [0.4, 0.5) is 0 Å². The van der Waals surface area contributed by atoms with Gasteiger partial charge in [-0.15, -0.1) is 0 Å². The van der Waals surface area contributed by atoms with Gasteiger partial charge in [0.15, 0.2) is 5.58 Å². The van der Waals surface area contributed by atoms with E-state index in [9.17, 15) is 18.0 Å². The number of carbonyl (C=O) groups is 1. The van der Waals surface area contributed by atoms with Crippen molar-refractivity contribution in [2.24, 2.45) is 5.92 Å². The molecular weight excluding hydrogens is 322 g/mol. The Morgan fingerprint density at radius 3 is 2.91 bits per heavy atom. The maximum Gasteiger partial charge on any atom is 0.417 e. The van der Waals surface area contributed by atoms with E-state index in [4.69, 9.17) is 4.42 Å². The summed E-state index contributed by atoms with van der Waals surface area (Å²) in [6, 6.07) is 4.18. The zero-order chi connectivity index (χ0) is 16.6. The van der Waals surface area contributed by atoms with E-state index in [1.807, 2.05) is 0 Å². The number of nitrogens with one attached hydrogen (secondary N) is 2. The summed E-state index contributed by atoms with van der Waals surface area (Å²) in [6.45, 7) is 0.836. The summed E-state index contributed by atoms with van der Waals surface area (Å²) in [4.78, 5) is 26.9. The van der Waals surface area contributed by atoms with Gasteiger partial charge < -0.3 is 9.32 Å². The van der Waals surface area contributed by atoms with Gasteiger partial charge in [0.2, 0.25) is 15.9 Å². The van der Waals surface area contributed by atoms with Gasteiger partial charge in [0, 0.05) is 32.6 Å². The number of aromatic amines is 1. The molecule has 3 rings (SSSR count). The molecule has 0 saturated carbocycles. The number of benzene rings is 1. The van der Waals surface area contributed by atoms with E-state index in [1.54, 1.807) is 11.9 Å². The van der Waals surface area contributed by atoms with E-state index in [0.717, 1.165) is 6.42 Å². The summed E-state index contributed by atoms with van der Waals surface area (Å²) >= 11 is 0. The quantitative estimate of drug-likeness (QED) is 0.830. The Kier molecular flexibility index (Phi) is 3.99. The topological polar surface area (TPSA) is 112 Å². The molecule has 1 aromatic carbocycles. The van der Waals surface area contributed by atoms with Crippen LogP contribution in [0, 0.1) is 5.92 Å². The first-order chi connectivity index (χ1) is 10.8. The van der Waals surface area contributed by atoms with Crippen molar-refractivity contribution in [3.8, 4) is 0 Å². The molecule has 23 heavy (non-hydrogen) atoms. The van der Waals surface area contributed by atoms with Crippen LogP contribution < -0.4 is 10.5 Å². The van der Waals surface area contributed by atoms with Gasteiger partial charge in [0.25, 0.3) is 0 Å². The Balaban J connectivity index is 1.72. The first kappa shape index (κ1) is 15.8. The molecule has 1 aromatic heterocycles. The van der Waals surface area contributed by atoms with E-state index < -0.39 is 15.8 Å². The highest BCUT2D eigenvalue weighted by atomic mass is 32.2. The van der Waals surface area contributed by atoms with Gasteiger partial charge >= 0.3 is 5.76 Å². The molecular formula is C14H17N3O5S. The first-order valence-electron chi connectivity index (χ1n) is 7.22. The molecule has 1 aliphatic heterocycles. The molecule has 0 radical (unpaired) electrons. The average Bonchev–Trinajstić information content (AvgIpc) is 2.87. The summed E-state index contributed by atoms with van der Waals surface area (Å²) in [5.74, 6) is -0.620. The molecule has 0 aliphatic carbocycles. The number of likely N-dealkylation sites (tertiary alicyclic amines) is 1. The lowest BCUT2D eigenvalue weighted by Crippen LogP contribution is -2.40. The van der Waals surface area contributed by atoms with Crippen molar-refractivity contribution in [1.29, 1.82) is 0 Å². The number of amides is 1. The lowest BCUT2D eigenvalue weighted by Gasteiger charge is -2.28. The number of oxazole rings is 1. The fourth-order valence-corrected chi connectivity index (χ4v) is 3.71. The summed E-state index contributed by atoms with van der Waals surface area (Å²) in [6.07, 6.45) is 1.10. The number of rotatable bonds is 4. The molecule has 1 atom stereocenters. The van der Waals surface area contributed by atoms with Gasteiger partial charge in [-0.25, -0.2) is 17.9 Å². The number of fused-ring (bicyclic) bond motifs is 1. The molecule has 1 fully saturated rings. The van der Waals surface area contributed by atoms with Crippen LogP contribution in [0.25, 0.3) is 11.1 Å². The highest BCUT2D eigenvalue weighted by Gasteiger charge is 2.25. The minimum Gasteiger partial charge on any atom is -0.408 e. The summed E-state index contributed by atoms with van der Waals surface area (Å²) in [5, 5.41) is 0. The zero-order valence-corrected chi connectivity index (χ0v) is 13.4. The molecule has 0 spiro atoms. The van der Waals surface area contributed by atoms with Gasteiger partial charge in [-0.3, -0.25) is 9.78 Å². The number of H-pyrrole nitrogens is 1. The van der Waals surface area contributed by atoms with Crippen LogP contribution in [0.15, 0.2) is 32.3 Å². The molecule has 0 unspecified atom stereocenters. The minimum absolute atomic E-state index is 0.0117. The summed E-state index contributed by atoms with van der Waals surface area (Å²) < 4.78 is 32.1. The molecule has 2 heterocycles. The molecule has 1 aliphatic rings. The van der Waals surface area contributed by atoms with Crippen LogP contribution in [0.2, 0.25) is 0 Å². The van der Waals surface area contributed by atoms with Crippen LogP contribution in [0.1, 0.15) is 12.8 Å². The monoisotopic (exact) mass is 339 g/mol. The van der Waals surface area contributed by atoms with E-state index >= 15 is 0 Å². The lowest BCUT2D eigenvalue weighted by atomic mass is 9.97. The van der Waals surface area contributed by atoms with E-state index in [1.165, 1.54) is 18.2 Å². The number of hydrogen-bond donors (Lipinski definition) is 2. The smallest absolute Gasteiger partial charge is 0.408 e. The average molecular weight is 339 g/mol. The van der Waals surface area contributed by atoms with Crippen LogP contribution >= 0.6 is 0 Å². The zero-order valence-electron chi connectivity index (χ0n) is 12.5. The maximum absolute atomic E-state index is 12.3. The first-order valence-corrected chi connectivity index (χ1v) is 8.70. The second-order valence-corrected chi connectivity index (χ2v) is 7.47. The molecule has 124 valence electrons. The van der Waals surface area contributed by atoms with E-state index in [0.29, 0.717) is 18.5 Å². The summed E-state index contributed by atoms with van der Waals surface area (Å²) in [7, 11) is -1.99. The van der Waals surface area contributed by atoms with Gasteiger partial charge in [-0.1, -0.05) is 0 Å². The second-order valence-electron chi connectivity index (χ2n) is 5.70. The molecule has 2 aromatic rings.